The number of aromatic nitrogens is 1. The van der Waals surface area contributed by atoms with Crippen LogP contribution < -0.4 is 28.2 Å². The van der Waals surface area contributed by atoms with E-state index in [9.17, 15) is 0 Å². The minimum absolute atomic E-state index is 0. The molecule has 0 aromatic carbocycles. The average molecular weight is 361 g/mol. The molecule has 1 nitrogen and oxygen atoms in total. The Hall–Kier alpha value is -0.0369. The van der Waals surface area contributed by atoms with Crippen LogP contribution in [0.3, 0.4) is 0 Å². The van der Waals surface area contributed by atoms with E-state index < -0.39 is 23.2 Å². The second kappa shape index (κ2) is 7.53. The molecule has 0 radical (unpaired) electrons. The van der Waals surface area contributed by atoms with Crippen molar-refractivity contribution in [2.75, 3.05) is 0 Å². The van der Waals surface area contributed by atoms with Crippen LogP contribution in [0.2, 0.25) is 0 Å². The number of halogens is 2. The Bertz CT molecular complexity index is 506. The van der Waals surface area contributed by atoms with Crippen LogP contribution in [0.4, 0.5) is 0 Å². The minimum atomic E-state index is -0.652. The SMILES string of the molecule is CC(C)=C1C=CC=[C]1[Zr+2][c]1[nH]cc(C)c1C.[Cl-].[Cl-]. The summed E-state index contributed by atoms with van der Waals surface area (Å²) in [4.78, 5) is 3.44. The molecule has 0 bridgehead atoms. The molecule has 96 valence electrons. The van der Waals surface area contributed by atoms with E-state index in [-0.39, 0.29) is 24.8 Å². The van der Waals surface area contributed by atoms with Gasteiger partial charge in [0.1, 0.15) is 0 Å². The average Bonchev–Trinajstić information content (AvgIpc) is 2.80. The molecule has 1 aromatic heterocycles. The normalized spacial score (nSPS) is 12.4. The van der Waals surface area contributed by atoms with E-state index in [2.05, 4.69) is 57.1 Å². The summed E-state index contributed by atoms with van der Waals surface area (Å²) in [5, 5.41) is 0. The molecule has 1 aliphatic carbocycles. The Kier molecular flexibility index (Phi) is 7.51. The molecule has 0 amide bonds. The Morgan fingerprint density at radius 1 is 1.17 bits per heavy atom. The molecular formula is C14H17Cl2NZr. The van der Waals surface area contributed by atoms with E-state index in [1.54, 1.807) is 3.28 Å². The third kappa shape index (κ3) is 3.73. The predicted molar refractivity (Wildman–Crippen MR) is 65.5 cm³/mol. The Morgan fingerprint density at radius 3 is 2.33 bits per heavy atom. The van der Waals surface area contributed by atoms with Gasteiger partial charge in [-0.15, -0.1) is 0 Å². The van der Waals surface area contributed by atoms with Crippen LogP contribution in [0.25, 0.3) is 0 Å². The smallest absolute Gasteiger partial charge is 1.00 e. The molecule has 1 heterocycles. The fourth-order valence-electron chi connectivity index (χ4n) is 1.82. The van der Waals surface area contributed by atoms with Crippen molar-refractivity contribution >= 4 is 3.40 Å². The van der Waals surface area contributed by atoms with E-state index in [4.69, 9.17) is 0 Å². The number of allylic oxidation sites excluding steroid dienone is 6. The molecular weight excluding hydrogens is 344 g/mol. The number of H-pyrrole nitrogens is 1. The first kappa shape index (κ1) is 18.0. The van der Waals surface area contributed by atoms with Crippen LogP contribution in [0, 0.1) is 13.8 Å². The fourth-order valence-corrected chi connectivity index (χ4v) is 5.38. The van der Waals surface area contributed by atoms with Crippen LogP contribution >= 0.6 is 0 Å². The van der Waals surface area contributed by atoms with Gasteiger partial charge in [-0.3, -0.25) is 0 Å². The summed E-state index contributed by atoms with van der Waals surface area (Å²) in [7, 11) is 0. The van der Waals surface area contributed by atoms with E-state index >= 15 is 0 Å². The quantitative estimate of drug-likeness (QED) is 0.583. The molecule has 1 aliphatic rings. The van der Waals surface area contributed by atoms with Gasteiger partial charge in [-0.2, -0.15) is 0 Å². The molecule has 0 fully saturated rings. The monoisotopic (exact) mass is 359 g/mol. The summed E-state index contributed by atoms with van der Waals surface area (Å²) < 4.78 is 3.10. The molecule has 2 rings (SSSR count). The summed E-state index contributed by atoms with van der Waals surface area (Å²) in [5.74, 6) is 0. The number of aromatic amines is 1. The van der Waals surface area contributed by atoms with Gasteiger partial charge in [0.05, 0.1) is 0 Å². The zero-order valence-electron chi connectivity index (χ0n) is 11.1. The first-order chi connectivity index (χ1) is 7.59. The first-order valence-corrected chi connectivity index (χ1v) is 8.03. The third-order valence-electron chi connectivity index (χ3n) is 3.01. The molecule has 0 atom stereocenters. The van der Waals surface area contributed by atoms with Crippen LogP contribution in [-0.4, -0.2) is 4.98 Å². The van der Waals surface area contributed by atoms with Crippen LogP contribution in [0.1, 0.15) is 25.0 Å². The number of hydrogen-bond donors (Lipinski definition) is 1. The van der Waals surface area contributed by atoms with E-state index in [0.717, 1.165) is 0 Å². The zero-order chi connectivity index (χ0) is 11.7. The van der Waals surface area contributed by atoms with Crippen LogP contribution in [0.15, 0.2) is 38.9 Å². The second-order valence-electron chi connectivity index (χ2n) is 4.45. The van der Waals surface area contributed by atoms with Gasteiger partial charge in [0.2, 0.25) is 0 Å². The van der Waals surface area contributed by atoms with Crippen LogP contribution in [-0.2, 0) is 23.2 Å². The largest absolute Gasteiger partial charge is 1.00 e. The molecule has 0 aliphatic heterocycles. The van der Waals surface area contributed by atoms with Crippen molar-refractivity contribution in [3.8, 4) is 0 Å². The maximum atomic E-state index is 3.44. The van der Waals surface area contributed by atoms with Gasteiger partial charge in [0.25, 0.3) is 0 Å². The zero-order valence-corrected chi connectivity index (χ0v) is 15.0. The van der Waals surface area contributed by atoms with Gasteiger partial charge in [-0.1, -0.05) is 0 Å². The Morgan fingerprint density at radius 2 is 1.83 bits per heavy atom. The Labute approximate surface area is 133 Å². The van der Waals surface area contributed by atoms with E-state index in [1.807, 2.05) is 0 Å². The predicted octanol–water partition coefficient (Wildman–Crippen LogP) is -2.86. The van der Waals surface area contributed by atoms with Crippen molar-refractivity contribution in [1.82, 2.24) is 4.98 Å². The van der Waals surface area contributed by atoms with Gasteiger partial charge < -0.3 is 24.8 Å². The molecule has 0 unspecified atom stereocenters. The number of nitrogens with one attached hydrogen (secondary N) is 1. The molecule has 0 saturated carbocycles. The number of rotatable bonds is 2. The van der Waals surface area contributed by atoms with Gasteiger partial charge >= 0.3 is 109 Å². The van der Waals surface area contributed by atoms with Gasteiger partial charge in [-0.05, 0) is 0 Å². The van der Waals surface area contributed by atoms with Gasteiger partial charge in [-0.25, -0.2) is 0 Å². The second-order valence-corrected chi connectivity index (χ2v) is 7.62. The molecule has 1 aromatic rings. The molecule has 0 saturated heterocycles. The summed E-state index contributed by atoms with van der Waals surface area (Å²) in [6.45, 7) is 8.81. The van der Waals surface area contributed by atoms with Crippen molar-refractivity contribution in [1.29, 1.82) is 0 Å². The molecule has 1 N–H and O–H groups in total. The summed E-state index contributed by atoms with van der Waals surface area (Å²) in [5.41, 5.74) is 5.76. The van der Waals surface area contributed by atoms with E-state index in [0.29, 0.717) is 0 Å². The molecule has 0 spiro atoms. The summed E-state index contributed by atoms with van der Waals surface area (Å²) in [6.07, 6.45) is 8.86. The summed E-state index contributed by atoms with van der Waals surface area (Å²) in [6, 6.07) is 0. The van der Waals surface area contributed by atoms with Gasteiger partial charge in [0.15, 0.2) is 0 Å². The number of aryl methyl sites for hydroxylation is 1. The van der Waals surface area contributed by atoms with Crippen molar-refractivity contribution in [2.24, 2.45) is 0 Å². The minimum Gasteiger partial charge on any atom is -1.00 e. The molecule has 18 heavy (non-hydrogen) atoms. The number of hydrogen-bond acceptors (Lipinski definition) is 0. The molecule has 4 heteroatoms. The summed E-state index contributed by atoms with van der Waals surface area (Å²) >= 11 is -0.652. The van der Waals surface area contributed by atoms with Gasteiger partial charge in [0, 0.05) is 0 Å². The maximum absolute atomic E-state index is 3.44. The third-order valence-corrected chi connectivity index (χ3v) is 6.64. The van der Waals surface area contributed by atoms with E-state index in [1.165, 1.54) is 25.7 Å². The fraction of sp³-hybridized carbons (Fsp3) is 0.286. The Balaban J connectivity index is 0.00000144. The van der Waals surface area contributed by atoms with Crippen molar-refractivity contribution in [2.45, 2.75) is 27.7 Å². The maximum Gasteiger partial charge on any atom is -1.00 e. The van der Waals surface area contributed by atoms with Crippen molar-refractivity contribution < 1.29 is 48.0 Å². The van der Waals surface area contributed by atoms with Crippen molar-refractivity contribution in [3.63, 3.8) is 0 Å². The van der Waals surface area contributed by atoms with Crippen molar-refractivity contribution in [3.05, 3.63) is 50.0 Å². The topological polar surface area (TPSA) is 15.8 Å². The van der Waals surface area contributed by atoms with Crippen LogP contribution in [0.5, 0.6) is 0 Å². The standard InChI is InChI=1S/C8H9.C6H8N.2ClH.Zr/c1-7(2)8-5-3-4-6-8;1-5-3-7-4-6(5)2;;;/h3-5H,1-2H3;3,7H,1-2H3;2*1H;/q;;;;+2/p-2. The first-order valence-electron chi connectivity index (χ1n) is 5.57.